The molecular formula is C17H21NO5. The van der Waals surface area contributed by atoms with Crippen LogP contribution >= 0.6 is 0 Å². The van der Waals surface area contributed by atoms with Crippen molar-refractivity contribution in [3.8, 4) is 5.75 Å². The highest BCUT2D eigenvalue weighted by Crippen LogP contribution is 2.44. The zero-order chi connectivity index (χ0) is 16.8. The lowest BCUT2D eigenvalue weighted by Gasteiger charge is -2.45. The molecule has 0 unspecified atom stereocenters. The number of hydrogen-bond acceptors (Lipinski definition) is 5. The number of carbonyl (C=O) groups excluding carboxylic acids is 2. The van der Waals surface area contributed by atoms with Crippen molar-refractivity contribution in [2.24, 2.45) is 0 Å². The van der Waals surface area contributed by atoms with E-state index in [1.807, 2.05) is 0 Å². The fraction of sp³-hybridized carbons (Fsp3) is 0.529. The van der Waals surface area contributed by atoms with Crippen molar-refractivity contribution >= 4 is 11.9 Å². The Morgan fingerprint density at radius 1 is 1.43 bits per heavy atom. The number of hydrogen-bond donors (Lipinski definition) is 1. The van der Waals surface area contributed by atoms with Gasteiger partial charge in [-0.15, -0.1) is 0 Å². The first kappa shape index (κ1) is 15.8. The van der Waals surface area contributed by atoms with Crippen LogP contribution in [0.25, 0.3) is 0 Å². The van der Waals surface area contributed by atoms with Crippen LogP contribution in [0.4, 0.5) is 0 Å². The quantitative estimate of drug-likeness (QED) is 0.839. The second-order valence-corrected chi connectivity index (χ2v) is 6.53. The fourth-order valence-corrected chi connectivity index (χ4v) is 3.31. The minimum atomic E-state index is -0.884. The Morgan fingerprint density at radius 2 is 2.17 bits per heavy atom. The van der Waals surface area contributed by atoms with Crippen molar-refractivity contribution in [3.05, 3.63) is 29.3 Å². The number of amides is 1. The summed E-state index contributed by atoms with van der Waals surface area (Å²) in [6.45, 7) is 4.18. The Hall–Kier alpha value is -2.08. The van der Waals surface area contributed by atoms with Gasteiger partial charge in [-0.1, -0.05) is 0 Å². The Morgan fingerprint density at radius 3 is 2.78 bits per heavy atom. The number of methoxy groups -OCH3 is 1. The maximum Gasteiger partial charge on any atom is 0.337 e. The number of rotatable bonds is 2. The number of fused-ring (bicyclic) bond motifs is 1. The van der Waals surface area contributed by atoms with E-state index in [1.165, 1.54) is 7.11 Å². The maximum absolute atomic E-state index is 12.2. The van der Waals surface area contributed by atoms with Gasteiger partial charge in [-0.2, -0.15) is 0 Å². The summed E-state index contributed by atoms with van der Waals surface area (Å²) < 4.78 is 10.6. The number of carbonyl (C=O) groups is 2. The van der Waals surface area contributed by atoms with Gasteiger partial charge in [-0.05, 0) is 38.5 Å². The van der Waals surface area contributed by atoms with Gasteiger partial charge in [0.15, 0.2) is 0 Å². The monoisotopic (exact) mass is 319 g/mol. The first-order chi connectivity index (χ1) is 10.8. The number of aliphatic hydroxyl groups excluding tert-OH is 1. The summed E-state index contributed by atoms with van der Waals surface area (Å²) in [7, 11) is 1.32. The first-order valence-electron chi connectivity index (χ1n) is 7.74. The molecule has 6 nitrogen and oxygen atoms in total. The van der Waals surface area contributed by atoms with Gasteiger partial charge in [-0.3, -0.25) is 4.79 Å². The van der Waals surface area contributed by atoms with Gasteiger partial charge in [0, 0.05) is 18.5 Å². The van der Waals surface area contributed by atoms with Gasteiger partial charge < -0.3 is 19.5 Å². The molecule has 124 valence electrons. The minimum Gasteiger partial charge on any atom is -0.485 e. The van der Waals surface area contributed by atoms with Crippen LogP contribution < -0.4 is 4.74 Å². The molecule has 0 aromatic heterocycles. The lowest BCUT2D eigenvalue weighted by molar-refractivity contribution is -0.139. The van der Waals surface area contributed by atoms with Crippen LogP contribution in [-0.2, 0) is 9.53 Å². The zero-order valence-electron chi connectivity index (χ0n) is 13.5. The van der Waals surface area contributed by atoms with Crippen molar-refractivity contribution in [1.29, 1.82) is 0 Å². The molecule has 2 atom stereocenters. The number of aliphatic hydroxyl groups is 1. The molecule has 0 saturated carbocycles. The Kier molecular flexibility index (Phi) is 3.80. The summed E-state index contributed by atoms with van der Waals surface area (Å²) in [4.78, 5) is 25.7. The lowest BCUT2D eigenvalue weighted by atomic mass is 9.85. The molecule has 1 amide bonds. The Labute approximate surface area is 135 Å². The van der Waals surface area contributed by atoms with Gasteiger partial charge in [0.2, 0.25) is 5.91 Å². The number of likely N-dealkylation sites (tertiary alicyclic amines) is 1. The molecule has 1 aromatic carbocycles. The van der Waals surface area contributed by atoms with Gasteiger partial charge in [0.25, 0.3) is 0 Å². The molecule has 1 fully saturated rings. The molecule has 1 N–H and O–H groups in total. The topological polar surface area (TPSA) is 76.1 Å². The summed E-state index contributed by atoms with van der Waals surface area (Å²) in [5, 5.41) is 10.8. The highest BCUT2D eigenvalue weighted by Gasteiger charge is 2.47. The summed E-state index contributed by atoms with van der Waals surface area (Å²) in [6.07, 6.45) is 0.372. The smallest absolute Gasteiger partial charge is 0.337 e. The standard InChI is InChI=1S/C17H21NO5/c1-17(2)15(20)14(18-8-4-5-13(18)19)11-9-10(16(21)22-3)6-7-12(11)23-17/h6-7,9,14-15,20H,4-5,8H2,1-3H3/t14-,15+/m1/s1. The van der Waals surface area contributed by atoms with Crippen LogP contribution in [0.2, 0.25) is 0 Å². The summed E-state index contributed by atoms with van der Waals surface area (Å²) in [5.74, 6) is 0.137. The van der Waals surface area contributed by atoms with Crippen LogP contribution in [0.3, 0.4) is 0 Å². The molecule has 0 aliphatic carbocycles. The van der Waals surface area contributed by atoms with E-state index in [1.54, 1.807) is 36.9 Å². The second-order valence-electron chi connectivity index (χ2n) is 6.53. The van der Waals surface area contributed by atoms with E-state index in [4.69, 9.17) is 9.47 Å². The summed E-state index contributed by atoms with van der Waals surface area (Å²) in [6, 6.07) is 4.45. The van der Waals surface area contributed by atoms with E-state index < -0.39 is 23.7 Å². The van der Waals surface area contributed by atoms with Crippen molar-refractivity contribution in [2.75, 3.05) is 13.7 Å². The molecule has 3 rings (SSSR count). The van der Waals surface area contributed by atoms with E-state index >= 15 is 0 Å². The first-order valence-corrected chi connectivity index (χ1v) is 7.74. The summed E-state index contributed by atoms with van der Waals surface area (Å²) >= 11 is 0. The highest BCUT2D eigenvalue weighted by molar-refractivity contribution is 5.90. The van der Waals surface area contributed by atoms with E-state index in [-0.39, 0.29) is 5.91 Å². The fourth-order valence-electron chi connectivity index (χ4n) is 3.31. The third kappa shape index (κ3) is 2.57. The predicted octanol–water partition coefficient (Wildman–Crippen LogP) is 1.67. The molecule has 2 aliphatic rings. The maximum atomic E-state index is 12.2. The second kappa shape index (κ2) is 5.53. The minimum absolute atomic E-state index is 0.0150. The van der Waals surface area contributed by atoms with Crippen LogP contribution in [0.5, 0.6) is 5.75 Å². The van der Waals surface area contributed by atoms with Crippen LogP contribution in [0, 0.1) is 0 Å². The molecule has 2 aliphatic heterocycles. The van der Waals surface area contributed by atoms with Crippen molar-refractivity contribution in [2.45, 2.75) is 44.4 Å². The molecule has 0 radical (unpaired) electrons. The van der Waals surface area contributed by atoms with Gasteiger partial charge in [0.05, 0.1) is 18.7 Å². The Balaban J connectivity index is 2.10. The molecule has 23 heavy (non-hydrogen) atoms. The zero-order valence-corrected chi connectivity index (χ0v) is 13.5. The normalized spacial score (nSPS) is 25.7. The lowest BCUT2D eigenvalue weighted by Crippen LogP contribution is -2.53. The van der Waals surface area contributed by atoms with Crippen molar-refractivity contribution in [3.63, 3.8) is 0 Å². The van der Waals surface area contributed by atoms with Gasteiger partial charge in [-0.25, -0.2) is 4.79 Å². The van der Waals surface area contributed by atoms with E-state index in [0.29, 0.717) is 29.8 Å². The molecule has 0 bridgehead atoms. The predicted molar refractivity (Wildman–Crippen MR) is 82.2 cm³/mol. The number of ether oxygens (including phenoxy) is 2. The molecule has 6 heteroatoms. The average molecular weight is 319 g/mol. The average Bonchev–Trinajstić information content (AvgIpc) is 2.93. The number of esters is 1. The molecule has 1 saturated heterocycles. The third-order valence-electron chi connectivity index (χ3n) is 4.58. The molecule has 0 spiro atoms. The number of nitrogens with zero attached hydrogens (tertiary/aromatic N) is 1. The van der Waals surface area contributed by atoms with Crippen molar-refractivity contribution < 1.29 is 24.2 Å². The van der Waals surface area contributed by atoms with Gasteiger partial charge in [0.1, 0.15) is 17.5 Å². The van der Waals surface area contributed by atoms with Crippen LogP contribution in [-0.4, -0.2) is 47.2 Å². The van der Waals surface area contributed by atoms with Crippen molar-refractivity contribution in [1.82, 2.24) is 4.90 Å². The van der Waals surface area contributed by atoms with Gasteiger partial charge >= 0.3 is 5.97 Å². The number of benzene rings is 1. The summed E-state index contributed by atoms with van der Waals surface area (Å²) in [5.41, 5.74) is 0.196. The SMILES string of the molecule is COC(=O)c1ccc2c(c1)[C@@H](N1CCCC1=O)[C@H](O)C(C)(C)O2. The molecule has 2 heterocycles. The van der Waals surface area contributed by atoms with E-state index in [9.17, 15) is 14.7 Å². The Bertz CT molecular complexity index is 654. The molecule has 1 aromatic rings. The molecular weight excluding hydrogens is 298 g/mol. The van der Waals surface area contributed by atoms with E-state index in [2.05, 4.69) is 0 Å². The highest BCUT2D eigenvalue weighted by atomic mass is 16.5. The van der Waals surface area contributed by atoms with Crippen LogP contribution in [0.15, 0.2) is 18.2 Å². The largest absolute Gasteiger partial charge is 0.485 e. The van der Waals surface area contributed by atoms with Crippen LogP contribution in [0.1, 0.15) is 48.7 Å². The third-order valence-corrected chi connectivity index (χ3v) is 4.58. The van der Waals surface area contributed by atoms with E-state index in [0.717, 1.165) is 6.42 Å².